The van der Waals surface area contributed by atoms with Crippen LogP contribution in [-0.4, -0.2) is 34.5 Å². The minimum absolute atomic E-state index is 0.0147. The Morgan fingerprint density at radius 3 is 2.43 bits per heavy atom. The summed E-state index contributed by atoms with van der Waals surface area (Å²) in [6.07, 6.45) is 2.29. The van der Waals surface area contributed by atoms with Crippen LogP contribution in [0, 0.1) is 0 Å². The van der Waals surface area contributed by atoms with Gasteiger partial charge in [0.2, 0.25) is 0 Å². The van der Waals surface area contributed by atoms with E-state index in [2.05, 4.69) is 9.93 Å². The molecule has 2 aromatic rings. The maximum absolute atomic E-state index is 12.4. The summed E-state index contributed by atoms with van der Waals surface area (Å²) in [6, 6.07) is 11.4. The molecule has 0 saturated heterocycles. The number of rotatable bonds is 10. The molecule has 0 aliphatic heterocycles. The Kier molecular flexibility index (Phi) is 7.69. The van der Waals surface area contributed by atoms with Gasteiger partial charge in [-0.05, 0) is 68.3 Å². The number of benzene rings is 2. The van der Waals surface area contributed by atoms with Gasteiger partial charge in [0.05, 0.1) is 30.9 Å². The highest BCUT2D eigenvalue weighted by Crippen LogP contribution is 2.27. The Balaban J connectivity index is 2.08. The van der Waals surface area contributed by atoms with Gasteiger partial charge in [-0.2, -0.15) is 13.5 Å². The van der Waals surface area contributed by atoms with Crippen molar-refractivity contribution in [3.63, 3.8) is 0 Å². The van der Waals surface area contributed by atoms with E-state index in [0.29, 0.717) is 29.4 Å². The number of hydrogen-bond acceptors (Lipinski definition) is 6. The minimum Gasteiger partial charge on any atom is -0.493 e. The highest BCUT2D eigenvalue weighted by atomic mass is 32.2. The van der Waals surface area contributed by atoms with Crippen molar-refractivity contribution in [2.24, 2.45) is 5.10 Å². The first-order chi connectivity index (χ1) is 13.4. The Morgan fingerprint density at radius 2 is 1.82 bits per heavy atom. The number of nitrogens with zero attached hydrogens (tertiary/aromatic N) is 1. The van der Waals surface area contributed by atoms with Crippen molar-refractivity contribution in [1.82, 2.24) is 4.83 Å². The normalized spacial score (nSPS) is 11.6. The molecular formula is C20H26N2O5S. The number of ether oxygens (including phenoxy) is 3. The zero-order valence-electron chi connectivity index (χ0n) is 16.5. The fourth-order valence-corrected chi connectivity index (χ4v) is 3.08. The lowest BCUT2D eigenvalue weighted by atomic mass is 10.2. The van der Waals surface area contributed by atoms with Gasteiger partial charge < -0.3 is 14.2 Å². The van der Waals surface area contributed by atoms with Crippen LogP contribution in [0.2, 0.25) is 0 Å². The van der Waals surface area contributed by atoms with Gasteiger partial charge in [0.1, 0.15) is 5.75 Å². The molecule has 152 valence electrons. The highest BCUT2D eigenvalue weighted by Gasteiger charge is 2.13. The van der Waals surface area contributed by atoms with Crippen molar-refractivity contribution in [3.8, 4) is 17.2 Å². The van der Waals surface area contributed by atoms with Gasteiger partial charge in [-0.3, -0.25) is 0 Å². The molecule has 1 N–H and O–H groups in total. The fraction of sp³-hybridized carbons (Fsp3) is 0.350. The Bertz CT molecular complexity index is 893. The van der Waals surface area contributed by atoms with Gasteiger partial charge in [-0.1, -0.05) is 6.92 Å². The topological polar surface area (TPSA) is 86.2 Å². The quantitative estimate of drug-likeness (QED) is 0.481. The monoisotopic (exact) mass is 406 g/mol. The van der Waals surface area contributed by atoms with E-state index >= 15 is 0 Å². The summed E-state index contributed by atoms with van der Waals surface area (Å²) < 4.78 is 41.1. The molecule has 2 aromatic carbocycles. The molecule has 0 aliphatic rings. The van der Waals surface area contributed by atoms with Crippen LogP contribution in [0.5, 0.6) is 17.2 Å². The van der Waals surface area contributed by atoms with E-state index in [1.54, 1.807) is 37.4 Å². The molecule has 0 fully saturated rings. The molecule has 0 saturated carbocycles. The zero-order chi connectivity index (χ0) is 20.6. The number of sulfonamides is 1. The molecule has 0 atom stereocenters. The summed E-state index contributed by atoms with van der Waals surface area (Å²) >= 11 is 0. The summed E-state index contributed by atoms with van der Waals surface area (Å²) in [5.41, 5.74) is 0.676. The Hall–Kier alpha value is -2.74. The molecule has 0 bridgehead atoms. The second-order valence-corrected chi connectivity index (χ2v) is 7.91. The first-order valence-electron chi connectivity index (χ1n) is 8.98. The number of nitrogens with one attached hydrogen (secondary N) is 1. The first-order valence-corrected chi connectivity index (χ1v) is 10.5. The van der Waals surface area contributed by atoms with E-state index in [1.165, 1.54) is 18.3 Å². The molecule has 0 unspecified atom stereocenters. The van der Waals surface area contributed by atoms with Crippen LogP contribution in [0.3, 0.4) is 0 Å². The zero-order valence-corrected chi connectivity index (χ0v) is 17.3. The van der Waals surface area contributed by atoms with Gasteiger partial charge in [-0.15, -0.1) is 0 Å². The third-order valence-corrected chi connectivity index (χ3v) is 4.78. The van der Waals surface area contributed by atoms with Gasteiger partial charge in [0, 0.05) is 0 Å². The van der Waals surface area contributed by atoms with Gasteiger partial charge >= 0.3 is 0 Å². The molecule has 0 aromatic heterocycles. The third kappa shape index (κ3) is 6.16. The first kappa shape index (κ1) is 21.6. The molecule has 0 amide bonds. The van der Waals surface area contributed by atoms with Gasteiger partial charge in [0.25, 0.3) is 10.0 Å². The van der Waals surface area contributed by atoms with E-state index < -0.39 is 10.0 Å². The summed E-state index contributed by atoms with van der Waals surface area (Å²) in [5.74, 6) is 1.79. The third-order valence-electron chi connectivity index (χ3n) is 3.54. The molecule has 0 aliphatic carbocycles. The van der Waals surface area contributed by atoms with Crippen LogP contribution < -0.4 is 19.0 Å². The van der Waals surface area contributed by atoms with Crippen molar-refractivity contribution in [2.45, 2.75) is 38.2 Å². The molecule has 7 nitrogen and oxygen atoms in total. The number of hydrogen-bond donors (Lipinski definition) is 1. The maximum Gasteiger partial charge on any atom is 0.276 e. The fourth-order valence-electron chi connectivity index (χ4n) is 2.29. The van der Waals surface area contributed by atoms with E-state index in [0.717, 1.165) is 6.42 Å². The molecule has 28 heavy (non-hydrogen) atoms. The SMILES string of the molecule is CCCOc1cc(/C=N/NS(=O)(=O)c2ccc(OC(C)C)cc2)ccc1OC. The predicted molar refractivity (Wildman–Crippen MR) is 109 cm³/mol. The minimum atomic E-state index is -3.77. The lowest BCUT2D eigenvalue weighted by molar-refractivity contribution is 0.242. The van der Waals surface area contributed by atoms with Crippen molar-refractivity contribution in [2.75, 3.05) is 13.7 Å². The Morgan fingerprint density at radius 1 is 1.11 bits per heavy atom. The van der Waals surface area contributed by atoms with E-state index in [4.69, 9.17) is 14.2 Å². The predicted octanol–water partition coefficient (Wildman–Crippen LogP) is 3.58. The van der Waals surface area contributed by atoms with Gasteiger partial charge in [0.15, 0.2) is 11.5 Å². The van der Waals surface area contributed by atoms with Gasteiger partial charge in [-0.25, -0.2) is 4.83 Å². The lowest BCUT2D eigenvalue weighted by Crippen LogP contribution is -2.18. The van der Waals surface area contributed by atoms with Crippen LogP contribution >= 0.6 is 0 Å². The summed E-state index contributed by atoms with van der Waals surface area (Å²) in [5, 5.41) is 3.85. The average Bonchev–Trinajstić information content (AvgIpc) is 2.66. The highest BCUT2D eigenvalue weighted by molar-refractivity contribution is 7.89. The smallest absolute Gasteiger partial charge is 0.276 e. The van der Waals surface area contributed by atoms with Crippen LogP contribution in [-0.2, 0) is 10.0 Å². The van der Waals surface area contributed by atoms with Crippen molar-refractivity contribution in [3.05, 3.63) is 48.0 Å². The van der Waals surface area contributed by atoms with E-state index in [9.17, 15) is 8.42 Å². The number of hydrazone groups is 1. The van der Waals surface area contributed by atoms with Crippen LogP contribution in [0.1, 0.15) is 32.8 Å². The van der Waals surface area contributed by atoms with Crippen molar-refractivity contribution in [1.29, 1.82) is 0 Å². The second kappa shape index (κ2) is 9.98. The summed E-state index contributed by atoms with van der Waals surface area (Å²) in [6.45, 7) is 6.37. The summed E-state index contributed by atoms with van der Waals surface area (Å²) in [7, 11) is -2.21. The lowest BCUT2D eigenvalue weighted by Gasteiger charge is -2.11. The molecule has 0 radical (unpaired) electrons. The van der Waals surface area contributed by atoms with Crippen molar-refractivity contribution >= 4 is 16.2 Å². The van der Waals surface area contributed by atoms with E-state index in [-0.39, 0.29) is 11.0 Å². The molecule has 8 heteroatoms. The standard InChI is InChI=1S/C20H26N2O5S/c1-5-12-26-20-13-16(6-11-19(20)25-4)14-21-22-28(23,24)18-9-7-17(8-10-18)27-15(2)3/h6-11,13-15,22H,5,12H2,1-4H3/b21-14+. The van der Waals surface area contributed by atoms with Crippen LogP contribution in [0.4, 0.5) is 0 Å². The van der Waals surface area contributed by atoms with Crippen LogP contribution in [0.15, 0.2) is 52.5 Å². The maximum atomic E-state index is 12.4. The second-order valence-electron chi connectivity index (χ2n) is 6.25. The molecule has 0 spiro atoms. The molecular weight excluding hydrogens is 380 g/mol. The van der Waals surface area contributed by atoms with Crippen LogP contribution in [0.25, 0.3) is 0 Å². The van der Waals surface area contributed by atoms with E-state index in [1.807, 2.05) is 20.8 Å². The average molecular weight is 407 g/mol. The molecule has 2 rings (SSSR count). The largest absolute Gasteiger partial charge is 0.493 e. The Labute approximate surface area is 166 Å². The summed E-state index contributed by atoms with van der Waals surface area (Å²) in [4.78, 5) is 2.30. The van der Waals surface area contributed by atoms with Crippen molar-refractivity contribution < 1.29 is 22.6 Å². The molecule has 0 heterocycles. The number of methoxy groups -OCH3 is 1.